The minimum atomic E-state index is -0.210. The molecule has 0 aromatic heterocycles. The van der Waals surface area contributed by atoms with Crippen LogP contribution in [0.5, 0.6) is 5.75 Å². The van der Waals surface area contributed by atoms with E-state index in [-0.39, 0.29) is 19.1 Å². The summed E-state index contributed by atoms with van der Waals surface area (Å²) in [5, 5.41) is 2.54. The Morgan fingerprint density at radius 2 is 2.29 bits per heavy atom. The molecule has 0 aliphatic carbocycles. The molecule has 0 aliphatic rings. The molecule has 0 heterocycles. The molecule has 17 heavy (non-hydrogen) atoms. The van der Waals surface area contributed by atoms with Crippen LogP contribution < -0.4 is 10.1 Å². The number of amides is 1. The summed E-state index contributed by atoms with van der Waals surface area (Å²) >= 11 is 0. The van der Waals surface area contributed by atoms with Gasteiger partial charge in [0, 0.05) is 0 Å². The van der Waals surface area contributed by atoms with Crippen LogP contribution in [0.3, 0.4) is 0 Å². The van der Waals surface area contributed by atoms with Crippen LogP contribution in [-0.4, -0.2) is 19.1 Å². The number of rotatable bonds is 5. The molecule has 0 radical (unpaired) electrons. The fourth-order valence-electron chi connectivity index (χ4n) is 1.31. The van der Waals surface area contributed by atoms with Crippen molar-refractivity contribution in [2.24, 2.45) is 0 Å². The fraction of sp³-hybridized carbons (Fsp3) is 0.357. The number of hydrogen-bond donors (Lipinski definition) is 1. The first-order valence-electron chi connectivity index (χ1n) is 5.56. The van der Waals surface area contributed by atoms with E-state index in [9.17, 15) is 4.79 Å². The highest BCUT2D eigenvalue weighted by Gasteiger charge is 2.03. The maximum absolute atomic E-state index is 11.3. The lowest BCUT2D eigenvalue weighted by atomic mass is 10.0. The molecule has 1 amide bonds. The van der Waals surface area contributed by atoms with Crippen molar-refractivity contribution in [3.8, 4) is 18.1 Å². The Kier molecular flexibility index (Phi) is 5.09. The van der Waals surface area contributed by atoms with Crippen molar-refractivity contribution in [3.63, 3.8) is 0 Å². The van der Waals surface area contributed by atoms with Crippen molar-refractivity contribution in [2.75, 3.05) is 13.2 Å². The molecule has 0 atom stereocenters. The van der Waals surface area contributed by atoms with Crippen molar-refractivity contribution in [1.82, 2.24) is 5.32 Å². The molecule has 0 fully saturated rings. The Balaban J connectivity index is 2.49. The van der Waals surface area contributed by atoms with E-state index in [0.717, 1.165) is 0 Å². The molecular formula is C14H17NO2. The maximum atomic E-state index is 11.3. The summed E-state index contributed by atoms with van der Waals surface area (Å²) in [7, 11) is 0. The van der Waals surface area contributed by atoms with Crippen LogP contribution in [0.2, 0.25) is 0 Å². The van der Waals surface area contributed by atoms with Crippen LogP contribution in [0.4, 0.5) is 0 Å². The molecule has 1 aromatic rings. The average molecular weight is 231 g/mol. The van der Waals surface area contributed by atoms with Crippen molar-refractivity contribution >= 4 is 5.91 Å². The van der Waals surface area contributed by atoms with E-state index in [1.807, 2.05) is 24.3 Å². The number of ether oxygens (including phenoxy) is 1. The summed E-state index contributed by atoms with van der Waals surface area (Å²) in [6.45, 7) is 4.44. The molecule has 1 N–H and O–H groups in total. The Morgan fingerprint density at radius 1 is 1.53 bits per heavy atom. The van der Waals surface area contributed by atoms with Crippen LogP contribution in [0.25, 0.3) is 0 Å². The Hall–Kier alpha value is -1.95. The van der Waals surface area contributed by atoms with Gasteiger partial charge in [-0.1, -0.05) is 31.9 Å². The molecule has 1 aromatic carbocycles. The van der Waals surface area contributed by atoms with Gasteiger partial charge in [0.15, 0.2) is 6.61 Å². The number of terminal acetylenes is 1. The van der Waals surface area contributed by atoms with Gasteiger partial charge in [0.2, 0.25) is 0 Å². The van der Waals surface area contributed by atoms with Gasteiger partial charge in [-0.2, -0.15) is 0 Å². The molecule has 0 saturated carbocycles. The second-order valence-electron chi connectivity index (χ2n) is 4.00. The van der Waals surface area contributed by atoms with Gasteiger partial charge in [-0.3, -0.25) is 4.79 Å². The third-order valence-corrected chi connectivity index (χ3v) is 2.28. The fourth-order valence-corrected chi connectivity index (χ4v) is 1.31. The number of hydrogen-bond acceptors (Lipinski definition) is 2. The van der Waals surface area contributed by atoms with Gasteiger partial charge < -0.3 is 10.1 Å². The van der Waals surface area contributed by atoms with Crippen molar-refractivity contribution in [1.29, 1.82) is 0 Å². The predicted molar refractivity (Wildman–Crippen MR) is 67.9 cm³/mol. The van der Waals surface area contributed by atoms with E-state index in [4.69, 9.17) is 11.2 Å². The Labute approximate surface area is 102 Å². The third kappa shape index (κ3) is 4.60. The highest BCUT2D eigenvalue weighted by Crippen LogP contribution is 2.19. The van der Waals surface area contributed by atoms with Gasteiger partial charge in [-0.05, 0) is 23.6 Å². The van der Waals surface area contributed by atoms with Gasteiger partial charge in [-0.25, -0.2) is 0 Å². The smallest absolute Gasteiger partial charge is 0.258 e. The van der Waals surface area contributed by atoms with Crippen molar-refractivity contribution in [2.45, 2.75) is 19.8 Å². The van der Waals surface area contributed by atoms with E-state index in [2.05, 4.69) is 25.1 Å². The van der Waals surface area contributed by atoms with Crippen molar-refractivity contribution < 1.29 is 9.53 Å². The zero-order valence-corrected chi connectivity index (χ0v) is 10.2. The van der Waals surface area contributed by atoms with E-state index in [1.54, 1.807) is 0 Å². The third-order valence-electron chi connectivity index (χ3n) is 2.28. The van der Waals surface area contributed by atoms with Gasteiger partial charge in [-0.15, -0.1) is 6.42 Å². The standard InChI is InChI=1S/C14H17NO2/c1-4-8-15-14(16)10-17-13-7-5-6-12(9-13)11(2)3/h1,5-7,9,11H,8,10H2,2-3H3,(H,15,16). The van der Waals surface area contributed by atoms with Crippen LogP contribution >= 0.6 is 0 Å². The van der Waals surface area contributed by atoms with Crippen LogP contribution in [-0.2, 0) is 4.79 Å². The topological polar surface area (TPSA) is 38.3 Å². The number of nitrogens with one attached hydrogen (secondary N) is 1. The largest absolute Gasteiger partial charge is 0.484 e. The molecule has 0 unspecified atom stereocenters. The normalized spacial score (nSPS) is 9.76. The van der Waals surface area contributed by atoms with Crippen molar-refractivity contribution in [3.05, 3.63) is 29.8 Å². The number of carbonyl (C=O) groups is 1. The second-order valence-corrected chi connectivity index (χ2v) is 4.00. The minimum Gasteiger partial charge on any atom is -0.484 e. The number of carbonyl (C=O) groups excluding carboxylic acids is 1. The lowest BCUT2D eigenvalue weighted by Crippen LogP contribution is -2.29. The average Bonchev–Trinajstić information content (AvgIpc) is 2.34. The van der Waals surface area contributed by atoms with Gasteiger partial charge in [0.1, 0.15) is 5.75 Å². The highest BCUT2D eigenvalue weighted by molar-refractivity contribution is 5.77. The minimum absolute atomic E-state index is 0.0107. The van der Waals surface area contributed by atoms with Crippen LogP contribution in [0.15, 0.2) is 24.3 Å². The molecule has 0 spiro atoms. The molecular weight excluding hydrogens is 214 g/mol. The summed E-state index contributed by atoms with van der Waals surface area (Å²) in [6, 6.07) is 7.74. The molecule has 1 rings (SSSR count). The summed E-state index contributed by atoms with van der Waals surface area (Å²) in [5.74, 6) is 3.26. The first-order valence-corrected chi connectivity index (χ1v) is 5.56. The summed E-state index contributed by atoms with van der Waals surface area (Å²) in [4.78, 5) is 11.3. The lowest BCUT2D eigenvalue weighted by Gasteiger charge is -2.09. The van der Waals surface area contributed by atoms with Crippen LogP contribution in [0.1, 0.15) is 25.3 Å². The Morgan fingerprint density at radius 3 is 2.94 bits per heavy atom. The highest BCUT2D eigenvalue weighted by atomic mass is 16.5. The second kappa shape index (κ2) is 6.59. The molecule has 3 heteroatoms. The SMILES string of the molecule is C#CCNC(=O)COc1cccc(C(C)C)c1. The van der Waals surface area contributed by atoms with Gasteiger partial charge in [0.25, 0.3) is 5.91 Å². The molecule has 0 saturated heterocycles. The Bertz CT molecular complexity index is 418. The lowest BCUT2D eigenvalue weighted by molar-refractivity contribution is -0.122. The first kappa shape index (κ1) is 13.1. The molecule has 0 aliphatic heterocycles. The molecule has 3 nitrogen and oxygen atoms in total. The van der Waals surface area contributed by atoms with E-state index < -0.39 is 0 Å². The first-order chi connectivity index (χ1) is 8.13. The zero-order valence-electron chi connectivity index (χ0n) is 10.2. The monoisotopic (exact) mass is 231 g/mol. The predicted octanol–water partition coefficient (Wildman–Crippen LogP) is 1.94. The van der Waals surface area contributed by atoms with E-state index in [1.165, 1.54) is 5.56 Å². The summed E-state index contributed by atoms with van der Waals surface area (Å²) < 4.78 is 5.38. The molecule has 90 valence electrons. The van der Waals surface area contributed by atoms with Gasteiger partial charge in [0.05, 0.1) is 6.54 Å². The number of benzene rings is 1. The van der Waals surface area contributed by atoms with Gasteiger partial charge >= 0.3 is 0 Å². The maximum Gasteiger partial charge on any atom is 0.258 e. The zero-order chi connectivity index (χ0) is 12.7. The summed E-state index contributed by atoms with van der Waals surface area (Å²) in [5.41, 5.74) is 1.19. The molecule has 0 bridgehead atoms. The quantitative estimate of drug-likeness (QED) is 0.786. The van der Waals surface area contributed by atoms with E-state index >= 15 is 0 Å². The summed E-state index contributed by atoms with van der Waals surface area (Å²) in [6.07, 6.45) is 5.03. The van der Waals surface area contributed by atoms with E-state index in [0.29, 0.717) is 11.7 Å². The van der Waals surface area contributed by atoms with Crippen LogP contribution in [0, 0.1) is 12.3 Å².